The van der Waals surface area contributed by atoms with Gasteiger partial charge in [0.25, 0.3) is 0 Å². The van der Waals surface area contributed by atoms with Crippen molar-refractivity contribution in [2.75, 3.05) is 27.4 Å². The summed E-state index contributed by atoms with van der Waals surface area (Å²) in [4.78, 5) is 2.62. The SMILES string of the molecule is COc1cc2c3c(c4ccc(OCC#N)cc4c2cc1OC)CN1CCC[C@H]1C3. The maximum atomic E-state index is 8.87. The van der Waals surface area contributed by atoms with E-state index >= 15 is 0 Å². The summed E-state index contributed by atoms with van der Waals surface area (Å²) in [7, 11) is 3.35. The van der Waals surface area contributed by atoms with Crippen molar-refractivity contribution in [1.82, 2.24) is 4.90 Å². The fraction of sp³-hybridized carbons (Fsp3) is 0.375. The maximum absolute atomic E-state index is 8.87. The van der Waals surface area contributed by atoms with Crippen LogP contribution in [0.25, 0.3) is 21.5 Å². The first-order chi connectivity index (χ1) is 14.2. The molecule has 5 heteroatoms. The van der Waals surface area contributed by atoms with Gasteiger partial charge >= 0.3 is 0 Å². The first kappa shape index (κ1) is 18.1. The van der Waals surface area contributed by atoms with E-state index < -0.39 is 0 Å². The largest absolute Gasteiger partial charge is 0.493 e. The second-order valence-electron chi connectivity index (χ2n) is 7.83. The Morgan fingerprint density at radius 1 is 1.00 bits per heavy atom. The van der Waals surface area contributed by atoms with E-state index in [1.807, 2.05) is 12.1 Å². The minimum Gasteiger partial charge on any atom is -0.493 e. The fourth-order valence-corrected chi connectivity index (χ4v) is 5.08. The molecular formula is C24H24N2O3. The number of fused-ring (bicyclic) bond motifs is 7. The molecule has 0 spiro atoms. The van der Waals surface area contributed by atoms with Crippen molar-refractivity contribution >= 4 is 21.5 Å². The van der Waals surface area contributed by atoms with Crippen LogP contribution in [0.5, 0.6) is 17.2 Å². The normalized spacial score (nSPS) is 18.3. The lowest BCUT2D eigenvalue weighted by Gasteiger charge is -2.33. The van der Waals surface area contributed by atoms with Crippen molar-refractivity contribution in [2.24, 2.45) is 0 Å². The molecule has 1 fully saturated rings. The Kier molecular flexibility index (Phi) is 4.44. The van der Waals surface area contributed by atoms with Gasteiger partial charge in [0.05, 0.1) is 14.2 Å². The molecule has 0 aromatic heterocycles. The van der Waals surface area contributed by atoms with Gasteiger partial charge in [-0.15, -0.1) is 0 Å². The molecule has 0 N–H and O–H groups in total. The number of benzene rings is 3. The van der Waals surface area contributed by atoms with Gasteiger partial charge in [0.15, 0.2) is 18.1 Å². The summed E-state index contributed by atoms with van der Waals surface area (Å²) in [6.07, 6.45) is 3.62. The number of nitrogens with zero attached hydrogens (tertiary/aromatic N) is 2. The molecule has 2 heterocycles. The second-order valence-corrected chi connectivity index (χ2v) is 7.83. The van der Waals surface area contributed by atoms with E-state index in [9.17, 15) is 0 Å². The zero-order valence-corrected chi connectivity index (χ0v) is 16.8. The van der Waals surface area contributed by atoms with Crippen molar-refractivity contribution in [3.05, 3.63) is 41.5 Å². The lowest BCUT2D eigenvalue weighted by atomic mass is 9.85. The number of hydrogen-bond acceptors (Lipinski definition) is 5. The van der Waals surface area contributed by atoms with Crippen LogP contribution in [0.2, 0.25) is 0 Å². The van der Waals surface area contributed by atoms with E-state index in [0.717, 1.165) is 35.2 Å². The summed E-state index contributed by atoms with van der Waals surface area (Å²) in [5, 5.41) is 13.6. The summed E-state index contributed by atoms with van der Waals surface area (Å²) >= 11 is 0. The molecule has 0 bridgehead atoms. The average molecular weight is 388 g/mol. The third-order valence-corrected chi connectivity index (χ3v) is 6.42. The average Bonchev–Trinajstić information content (AvgIpc) is 3.23. The Morgan fingerprint density at radius 3 is 2.52 bits per heavy atom. The quantitative estimate of drug-likeness (QED) is 0.619. The van der Waals surface area contributed by atoms with Crippen LogP contribution in [0.4, 0.5) is 0 Å². The summed E-state index contributed by atoms with van der Waals surface area (Å²) in [6.45, 7) is 2.21. The Morgan fingerprint density at radius 2 is 1.76 bits per heavy atom. The molecule has 2 aliphatic heterocycles. The van der Waals surface area contributed by atoms with Crippen LogP contribution < -0.4 is 14.2 Å². The summed E-state index contributed by atoms with van der Waals surface area (Å²) in [5.41, 5.74) is 2.84. The van der Waals surface area contributed by atoms with Crippen molar-refractivity contribution in [2.45, 2.75) is 31.8 Å². The van der Waals surface area contributed by atoms with Gasteiger partial charge in [-0.25, -0.2) is 0 Å². The van der Waals surface area contributed by atoms with E-state index in [2.05, 4.69) is 29.2 Å². The van der Waals surface area contributed by atoms with Gasteiger partial charge in [0.1, 0.15) is 11.8 Å². The molecule has 0 aliphatic carbocycles. The van der Waals surface area contributed by atoms with Gasteiger partial charge in [-0.2, -0.15) is 5.26 Å². The molecule has 3 aromatic carbocycles. The summed E-state index contributed by atoms with van der Waals surface area (Å²) in [6, 6.07) is 13.1. The zero-order valence-electron chi connectivity index (χ0n) is 16.8. The van der Waals surface area contributed by atoms with Gasteiger partial charge < -0.3 is 14.2 Å². The van der Waals surface area contributed by atoms with Gasteiger partial charge in [-0.1, -0.05) is 6.07 Å². The van der Waals surface area contributed by atoms with Crippen LogP contribution in [-0.2, 0) is 13.0 Å². The molecule has 148 valence electrons. The highest BCUT2D eigenvalue weighted by atomic mass is 16.5. The van der Waals surface area contributed by atoms with Crippen LogP contribution in [0, 0.1) is 11.3 Å². The molecule has 5 rings (SSSR count). The van der Waals surface area contributed by atoms with Crippen LogP contribution in [0.15, 0.2) is 30.3 Å². The smallest absolute Gasteiger partial charge is 0.174 e. The topological polar surface area (TPSA) is 54.7 Å². The van der Waals surface area contributed by atoms with Gasteiger partial charge in [0, 0.05) is 12.6 Å². The molecule has 29 heavy (non-hydrogen) atoms. The zero-order chi connectivity index (χ0) is 20.0. The Bertz CT molecular complexity index is 1150. The predicted molar refractivity (Wildman–Crippen MR) is 113 cm³/mol. The Balaban J connectivity index is 1.82. The Hall–Kier alpha value is -2.97. The molecule has 5 nitrogen and oxygen atoms in total. The standard InChI is InChI=1S/C24H24N2O3/c1-27-23-12-20-18-10-15-4-3-8-26(15)14-22(18)17-6-5-16(29-9-7-25)11-19(17)21(20)13-24(23)28-2/h5-6,11-13,15H,3-4,8-10,14H2,1-2H3/t15-/m0/s1. The van der Waals surface area contributed by atoms with Crippen LogP contribution in [0.3, 0.4) is 0 Å². The predicted octanol–water partition coefficient (Wildman–Crippen LogP) is 4.43. The molecule has 0 amide bonds. The van der Waals surface area contributed by atoms with Crippen LogP contribution >= 0.6 is 0 Å². The lowest BCUT2D eigenvalue weighted by Crippen LogP contribution is -2.35. The first-order valence-electron chi connectivity index (χ1n) is 10.1. The number of nitriles is 1. The second kappa shape index (κ2) is 7.13. The molecule has 1 atom stereocenters. The molecule has 0 saturated carbocycles. The highest BCUT2D eigenvalue weighted by Gasteiger charge is 2.32. The van der Waals surface area contributed by atoms with Gasteiger partial charge in [0.2, 0.25) is 0 Å². The van der Waals surface area contributed by atoms with Gasteiger partial charge in [-0.3, -0.25) is 4.90 Å². The van der Waals surface area contributed by atoms with E-state index in [0.29, 0.717) is 11.8 Å². The van der Waals surface area contributed by atoms with E-state index in [1.54, 1.807) is 14.2 Å². The number of hydrogen-bond donors (Lipinski definition) is 0. The van der Waals surface area contributed by atoms with E-state index in [-0.39, 0.29) is 6.61 Å². The van der Waals surface area contributed by atoms with Gasteiger partial charge in [-0.05, 0) is 82.7 Å². The van der Waals surface area contributed by atoms with Crippen LogP contribution in [-0.4, -0.2) is 38.3 Å². The Labute approximate surface area is 170 Å². The number of rotatable bonds is 4. The molecule has 0 radical (unpaired) electrons. The third-order valence-electron chi connectivity index (χ3n) is 6.42. The minimum absolute atomic E-state index is 0.0426. The van der Waals surface area contributed by atoms with Crippen molar-refractivity contribution < 1.29 is 14.2 Å². The molecule has 2 aliphatic rings. The fourth-order valence-electron chi connectivity index (χ4n) is 5.08. The molecular weight excluding hydrogens is 364 g/mol. The summed E-state index contributed by atoms with van der Waals surface area (Å²) < 4.78 is 16.8. The highest BCUT2D eigenvalue weighted by molar-refractivity contribution is 6.12. The first-order valence-corrected chi connectivity index (χ1v) is 10.1. The van der Waals surface area contributed by atoms with Crippen molar-refractivity contribution in [3.8, 4) is 23.3 Å². The van der Waals surface area contributed by atoms with Crippen LogP contribution in [0.1, 0.15) is 24.0 Å². The molecule has 3 aromatic rings. The highest BCUT2D eigenvalue weighted by Crippen LogP contribution is 2.44. The maximum Gasteiger partial charge on any atom is 0.174 e. The van der Waals surface area contributed by atoms with Crippen molar-refractivity contribution in [1.29, 1.82) is 5.26 Å². The van der Waals surface area contributed by atoms with Crippen molar-refractivity contribution in [3.63, 3.8) is 0 Å². The number of methoxy groups -OCH3 is 2. The molecule has 1 saturated heterocycles. The minimum atomic E-state index is 0.0426. The summed E-state index contributed by atoms with van der Waals surface area (Å²) in [5.74, 6) is 2.19. The monoisotopic (exact) mass is 388 g/mol. The number of ether oxygens (including phenoxy) is 3. The molecule has 0 unspecified atom stereocenters. The third kappa shape index (κ3) is 2.87. The lowest BCUT2D eigenvalue weighted by molar-refractivity contribution is 0.229. The van der Waals surface area contributed by atoms with E-state index in [1.165, 1.54) is 41.3 Å². The van der Waals surface area contributed by atoms with E-state index in [4.69, 9.17) is 19.5 Å².